The summed E-state index contributed by atoms with van der Waals surface area (Å²) in [6.45, 7) is 12.8. The number of rotatable bonds is 12. The molecule has 0 saturated heterocycles. The molecule has 7 saturated carbocycles. The first-order chi connectivity index (χ1) is 23.6. The van der Waals surface area contributed by atoms with E-state index in [4.69, 9.17) is 18.9 Å². The molecule has 0 aromatic heterocycles. The minimum Gasteiger partial charge on any atom is -0.465 e. The summed E-state index contributed by atoms with van der Waals surface area (Å²) < 4.78 is 23.1. The van der Waals surface area contributed by atoms with Gasteiger partial charge in [0.2, 0.25) is 0 Å². The van der Waals surface area contributed by atoms with Crippen LogP contribution in [-0.2, 0) is 38.1 Å². The Hall–Kier alpha value is -2.90. The van der Waals surface area contributed by atoms with E-state index in [9.17, 15) is 19.2 Å². The monoisotopic (exact) mass is 674 g/mol. The van der Waals surface area contributed by atoms with E-state index in [1.54, 1.807) is 6.92 Å². The number of allylic oxidation sites excluding steroid dienone is 2. The third kappa shape index (κ3) is 5.91. The zero-order valence-corrected chi connectivity index (χ0v) is 29.3. The van der Waals surface area contributed by atoms with Crippen LogP contribution in [-0.4, -0.2) is 50.3 Å². The SMILES string of the molecule is C=CC(=O)OCC1CC2C3CC(CC3COC(=O)C3C4C=C(C)C(C4)C3C(=O)OCC3CC4C5CC(COC(=O)C(=C)C)C(C5)C4C3)[C@H]2C1. The number of carbonyl (C=O) groups excluding carboxylic acids is 4. The van der Waals surface area contributed by atoms with Crippen LogP contribution < -0.4 is 0 Å². The first-order valence-corrected chi connectivity index (χ1v) is 19.2. The van der Waals surface area contributed by atoms with Gasteiger partial charge in [-0.15, -0.1) is 0 Å². The van der Waals surface area contributed by atoms with E-state index in [1.165, 1.54) is 24.5 Å². The lowest BCUT2D eigenvalue weighted by Gasteiger charge is -2.32. The molecule has 6 bridgehead atoms. The van der Waals surface area contributed by atoms with Gasteiger partial charge in [0.25, 0.3) is 0 Å². The second kappa shape index (κ2) is 13.0. The molecule has 8 rings (SSSR count). The summed E-state index contributed by atoms with van der Waals surface area (Å²) in [6, 6.07) is 0. The molecular weight excluding hydrogens is 620 g/mol. The molecule has 0 spiro atoms. The molecule has 0 amide bonds. The molecule has 0 aromatic rings. The molecule has 0 N–H and O–H groups in total. The summed E-state index contributed by atoms with van der Waals surface area (Å²) >= 11 is 0. The summed E-state index contributed by atoms with van der Waals surface area (Å²) in [6.07, 6.45) is 13.3. The van der Waals surface area contributed by atoms with Gasteiger partial charge in [-0.25, -0.2) is 9.59 Å². The smallest absolute Gasteiger partial charge is 0.333 e. The van der Waals surface area contributed by atoms with E-state index >= 15 is 0 Å². The number of esters is 4. The van der Waals surface area contributed by atoms with Crippen molar-refractivity contribution in [1.29, 1.82) is 0 Å². The Bertz CT molecular complexity index is 1430. The highest BCUT2D eigenvalue weighted by molar-refractivity contribution is 5.87. The maximum absolute atomic E-state index is 13.8. The van der Waals surface area contributed by atoms with Crippen LogP contribution in [0.15, 0.2) is 36.5 Å². The first-order valence-electron chi connectivity index (χ1n) is 19.2. The number of ether oxygens (including phenoxy) is 4. The van der Waals surface area contributed by atoms with Crippen molar-refractivity contribution in [3.63, 3.8) is 0 Å². The second-order valence-electron chi connectivity index (χ2n) is 17.6. The van der Waals surface area contributed by atoms with Crippen LogP contribution in [0, 0.1) is 94.7 Å². The standard InChI is InChI=1S/C41H54O8/c1-5-36(42)46-16-22-7-30-25-12-28(33(14-25)34(30)9-22)19-49-40(44)37-26-6-21(4)29(15-26)38(37)41(45)47-17-23-8-31-24-11-27(18-48-39(43)20(2)3)32(13-24)35(31)10-23/h5-6,22-35,37-38H,1-2,7-19H2,3-4H3/t22?,23?,24?,25?,26?,27?,28?,29?,30-,31?,32?,33?,34?,35?,37?,38?/m1/s1. The van der Waals surface area contributed by atoms with E-state index in [0.29, 0.717) is 103 Å². The molecule has 8 aliphatic rings. The third-order valence-corrected chi connectivity index (χ3v) is 15.1. The molecular formula is C41H54O8. The van der Waals surface area contributed by atoms with Crippen molar-refractivity contribution in [2.45, 2.75) is 71.6 Å². The molecule has 16 atom stereocenters. The van der Waals surface area contributed by atoms with Crippen LogP contribution in [0.1, 0.15) is 71.6 Å². The van der Waals surface area contributed by atoms with Gasteiger partial charge in [-0.05, 0) is 154 Å². The average molecular weight is 675 g/mol. The van der Waals surface area contributed by atoms with Gasteiger partial charge < -0.3 is 18.9 Å². The lowest BCUT2D eigenvalue weighted by atomic mass is 9.76. The van der Waals surface area contributed by atoms with Crippen molar-refractivity contribution in [3.05, 3.63) is 36.5 Å². The molecule has 0 aliphatic heterocycles. The predicted octanol–water partition coefficient (Wildman–Crippen LogP) is 6.35. The fourth-order valence-corrected chi connectivity index (χ4v) is 13.3. The van der Waals surface area contributed by atoms with Crippen LogP contribution in [0.2, 0.25) is 0 Å². The molecule has 49 heavy (non-hydrogen) atoms. The van der Waals surface area contributed by atoms with Gasteiger partial charge in [-0.3, -0.25) is 9.59 Å². The van der Waals surface area contributed by atoms with E-state index in [2.05, 4.69) is 26.2 Å². The van der Waals surface area contributed by atoms with E-state index < -0.39 is 11.8 Å². The molecule has 8 aliphatic carbocycles. The molecule has 0 aromatic carbocycles. The van der Waals surface area contributed by atoms with E-state index in [0.717, 1.165) is 44.9 Å². The van der Waals surface area contributed by atoms with E-state index in [-0.39, 0.29) is 35.7 Å². The topological polar surface area (TPSA) is 105 Å². The molecule has 0 heterocycles. The Morgan fingerprint density at radius 2 is 1.20 bits per heavy atom. The fraction of sp³-hybridized carbons (Fsp3) is 0.756. The fourth-order valence-electron chi connectivity index (χ4n) is 13.3. The molecule has 15 unspecified atom stereocenters. The van der Waals surface area contributed by atoms with Gasteiger partial charge in [-0.1, -0.05) is 24.8 Å². The Kier molecular flexibility index (Phi) is 8.83. The van der Waals surface area contributed by atoms with E-state index in [1.807, 2.05) is 0 Å². The second-order valence-corrected chi connectivity index (χ2v) is 17.6. The first kappa shape index (κ1) is 33.3. The molecule has 8 nitrogen and oxygen atoms in total. The summed E-state index contributed by atoms with van der Waals surface area (Å²) in [5.41, 5.74) is 1.65. The highest BCUT2D eigenvalue weighted by Crippen LogP contribution is 2.63. The van der Waals surface area contributed by atoms with Gasteiger partial charge in [0, 0.05) is 11.6 Å². The predicted molar refractivity (Wildman–Crippen MR) is 180 cm³/mol. The van der Waals surface area contributed by atoms with Crippen LogP contribution in [0.25, 0.3) is 0 Å². The summed E-state index contributed by atoms with van der Waals surface area (Å²) in [4.78, 5) is 51.1. The number of hydrogen-bond acceptors (Lipinski definition) is 8. The van der Waals surface area contributed by atoms with Crippen LogP contribution in [0.5, 0.6) is 0 Å². The Balaban J connectivity index is 0.827. The zero-order valence-electron chi connectivity index (χ0n) is 29.3. The maximum atomic E-state index is 13.8. The maximum Gasteiger partial charge on any atom is 0.333 e. The highest BCUT2D eigenvalue weighted by Gasteiger charge is 2.59. The van der Waals surface area contributed by atoms with Crippen molar-refractivity contribution in [2.24, 2.45) is 94.7 Å². The zero-order chi connectivity index (χ0) is 34.1. The minimum atomic E-state index is -0.454. The number of carbonyl (C=O) groups is 4. The van der Waals surface area contributed by atoms with Crippen molar-refractivity contribution >= 4 is 23.9 Å². The van der Waals surface area contributed by atoms with Crippen LogP contribution >= 0.6 is 0 Å². The molecule has 7 fully saturated rings. The van der Waals surface area contributed by atoms with Gasteiger partial charge in [0.1, 0.15) is 0 Å². The summed E-state index contributed by atoms with van der Waals surface area (Å²) in [7, 11) is 0. The van der Waals surface area contributed by atoms with Gasteiger partial charge in [-0.2, -0.15) is 0 Å². The van der Waals surface area contributed by atoms with Gasteiger partial charge in [0.15, 0.2) is 0 Å². The van der Waals surface area contributed by atoms with Crippen LogP contribution in [0.4, 0.5) is 0 Å². The minimum absolute atomic E-state index is 0.0469. The highest BCUT2D eigenvalue weighted by atomic mass is 16.5. The Morgan fingerprint density at radius 3 is 1.80 bits per heavy atom. The van der Waals surface area contributed by atoms with Gasteiger partial charge in [0.05, 0.1) is 38.3 Å². The molecule has 0 radical (unpaired) electrons. The number of fused-ring (bicyclic) bond motifs is 12. The lowest BCUT2D eigenvalue weighted by Crippen LogP contribution is -2.38. The summed E-state index contributed by atoms with van der Waals surface area (Å²) in [5, 5.41) is 0. The lowest BCUT2D eigenvalue weighted by molar-refractivity contribution is -0.163. The van der Waals surface area contributed by atoms with Gasteiger partial charge >= 0.3 is 23.9 Å². The normalized spacial score (nSPS) is 44.7. The van der Waals surface area contributed by atoms with Crippen molar-refractivity contribution in [2.75, 3.05) is 26.4 Å². The largest absolute Gasteiger partial charge is 0.465 e. The third-order valence-electron chi connectivity index (χ3n) is 15.1. The van der Waals surface area contributed by atoms with Crippen molar-refractivity contribution < 1.29 is 38.1 Å². The summed E-state index contributed by atoms with van der Waals surface area (Å²) in [5.74, 6) is 4.82. The Morgan fingerprint density at radius 1 is 0.673 bits per heavy atom. The van der Waals surface area contributed by atoms with Crippen molar-refractivity contribution in [3.8, 4) is 0 Å². The number of hydrogen-bond donors (Lipinski definition) is 0. The molecule has 266 valence electrons. The quantitative estimate of drug-likeness (QED) is 0.102. The average Bonchev–Trinajstić information content (AvgIpc) is 3.93. The van der Waals surface area contributed by atoms with Crippen LogP contribution in [0.3, 0.4) is 0 Å². The molecule has 8 heteroatoms. The Labute approximate surface area is 290 Å². The van der Waals surface area contributed by atoms with Crippen molar-refractivity contribution in [1.82, 2.24) is 0 Å².